The van der Waals surface area contributed by atoms with Crippen LogP contribution in [-0.4, -0.2) is 29.7 Å². The van der Waals surface area contributed by atoms with E-state index in [4.69, 9.17) is 14.2 Å². The van der Waals surface area contributed by atoms with E-state index >= 15 is 0 Å². The van der Waals surface area contributed by atoms with Gasteiger partial charge in [0.05, 0.1) is 24.4 Å². The van der Waals surface area contributed by atoms with Gasteiger partial charge in [-0.05, 0) is 67.6 Å². The molecule has 1 aromatic heterocycles. The molecule has 0 aliphatic heterocycles. The van der Waals surface area contributed by atoms with Crippen LogP contribution in [0.1, 0.15) is 69.1 Å². The summed E-state index contributed by atoms with van der Waals surface area (Å²) in [5.41, 5.74) is 1.05. The van der Waals surface area contributed by atoms with Crippen LogP contribution in [0.5, 0.6) is 5.75 Å². The minimum atomic E-state index is -0.152. The molecule has 6 nitrogen and oxygen atoms in total. The zero-order valence-corrected chi connectivity index (χ0v) is 18.1. The maximum Gasteiger partial charge on any atom is 0.230 e. The molecule has 2 bridgehead atoms. The van der Waals surface area contributed by atoms with E-state index in [0.29, 0.717) is 23.6 Å². The van der Waals surface area contributed by atoms with Crippen molar-refractivity contribution in [1.29, 1.82) is 0 Å². The predicted molar refractivity (Wildman–Crippen MR) is 112 cm³/mol. The number of hydrogen-bond acceptors (Lipinski definition) is 5. The Morgan fingerprint density at radius 2 is 1.97 bits per heavy atom. The minimum absolute atomic E-state index is 0.0352. The Kier molecular flexibility index (Phi) is 4.83. The molecule has 30 heavy (non-hydrogen) atoms. The Labute approximate surface area is 177 Å². The first-order valence-electron chi connectivity index (χ1n) is 11.3. The van der Waals surface area contributed by atoms with Crippen LogP contribution in [0.15, 0.2) is 28.8 Å². The predicted octanol–water partition coefficient (Wildman–Crippen LogP) is 4.06. The molecular formula is C24H31N3O3. The summed E-state index contributed by atoms with van der Waals surface area (Å²) in [6.07, 6.45) is 5.44. The lowest BCUT2D eigenvalue weighted by molar-refractivity contribution is -0.127. The molecule has 2 aromatic rings. The van der Waals surface area contributed by atoms with E-state index in [0.717, 1.165) is 50.2 Å². The van der Waals surface area contributed by atoms with E-state index in [9.17, 15) is 4.79 Å². The van der Waals surface area contributed by atoms with Crippen molar-refractivity contribution in [2.45, 2.75) is 57.3 Å². The zero-order valence-electron chi connectivity index (χ0n) is 18.1. The maximum atomic E-state index is 13.0. The third-order valence-electron chi connectivity index (χ3n) is 7.45. The Hall–Kier alpha value is -2.37. The van der Waals surface area contributed by atoms with Crippen LogP contribution in [0.2, 0.25) is 0 Å². The van der Waals surface area contributed by atoms with Crippen LogP contribution >= 0.6 is 0 Å². The van der Waals surface area contributed by atoms with Crippen molar-refractivity contribution in [3.8, 4) is 5.75 Å². The first-order valence-corrected chi connectivity index (χ1v) is 11.3. The summed E-state index contributed by atoms with van der Waals surface area (Å²) >= 11 is 0. The minimum Gasteiger partial charge on any atom is -0.497 e. The third kappa shape index (κ3) is 3.21. The lowest BCUT2D eigenvalue weighted by Gasteiger charge is -2.27. The third-order valence-corrected chi connectivity index (χ3v) is 7.45. The summed E-state index contributed by atoms with van der Waals surface area (Å²) in [5, 5.41) is 7.57. The largest absolute Gasteiger partial charge is 0.497 e. The Balaban J connectivity index is 1.39. The monoisotopic (exact) mass is 409 g/mol. The molecule has 1 heterocycles. The molecule has 1 aromatic carbocycles. The fourth-order valence-electron chi connectivity index (χ4n) is 5.69. The molecular weight excluding hydrogens is 378 g/mol. The molecule has 0 saturated heterocycles. The van der Waals surface area contributed by atoms with Gasteiger partial charge in [-0.1, -0.05) is 31.1 Å². The molecule has 5 rings (SSSR count). The number of nitrogens with one attached hydrogen (secondary N) is 1. The van der Waals surface area contributed by atoms with E-state index in [1.807, 2.05) is 12.1 Å². The number of carbonyl (C=O) groups is 1. The molecule has 3 aliphatic carbocycles. The molecule has 0 spiro atoms. The number of fused-ring (bicyclic) bond motifs is 2. The molecule has 3 saturated carbocycles. The van der Waals surface area contributed by atoms with Gasteiger partial charge in [0.1, 0.15) is 5.75 Å². The van der Waals surface area contributed by atoms with Crippen LogP contribution in [0.3, 0.4) is 0 Å². The number of ether oxygens (including phenoxy) is 1. The highest BCUT2D eigenvalue weighted by Crippen LogP contribution is 2.57. The van der Waals surface area contributed by atoms with E-state index in [2.05, 4.69) is 36.5 Å². The number of aromatic nitrogens is 2. The Morgan fingerprint density at radius 3 is 2.63 bits per heavy atom. The fraction of sp³-hybridized carbons (Fsp3) is 0.625. The summed E-state index contributed by atoms with van der Waals surface area (Å²) < 4.78 is 11.1. The molecule has 6 heteroatoms. The van der Waals surface area contributed by atoms with E-state index in [1.165, 1.54) is 5.56 Å². The molecule has 4 atom stereocenters. The number of nitrogens with zero attached hydrogens (tertiary/aromatic N) is 2. The number of methoxy groups -OCH3 is 1. The number of hydrogen-bond donors (Lipinski definition) is 1. The first kappa shape index (κ1) is 19.6. The number of carbonyl (C=O) groups excluding carboxylic acids is 1. The number of rotatable bonds is 7. The van der Waals surface area contributed by atoms with Crippen molar-refractivity contribution in [1.82, 2.24) is 15.5 Å². The fourth-order valence-corrected chi connectivity index (χ4v) is 5.69. The molecule has 1 N–H and O–H groups in total. The summed E-state index contributed by atoms with van der Waals surface area (Å²) in [6.45, 7) is 4.96. The van der Waals surface area contributed by atoms with Gasteiger partial charge in [-0.15, -0.1) is 0 Å². The average Bonchev–Trinajstić information content (AvgIpc) is 3.11. The standard InChI is InChI=1S/C24H31N3O3/c1-14(2)13-25-21(28)19-15-4-5-16(12-15)20(19)22-26-23(27-30-22)24(10-11-24)17-6-8-18(29-3)9-7-17/h6-9,14-16,19-20H,4-5,10-13H2,1-3H3,(H,25,28)/t15-,16+,19-,20-/m0/s1. The van der Waals surface area contributed by atoms with Gasteiger partial charge >= 0.3 is 0 Å². The van der Waals surface area contributed by atoms with Crippen molar-refractivity contribution >= 4 is 5.91 Å². The molecule has 3 fully saturated rings. The van der Waals surface area contributed by atoms with Gasteiger partial charge in [-0.25, -0.2) is 0 Å². The second kappa shape index (κ2) is 7.40. The lowest BCUT2D eigenvalue weighted by atomic mass is 9.78. The van der Waals surface area contributed by atoms with Crippen molar-refractivity contribution in [3.05, 3.63) is 41.5 Å². The topological polar surface area (TPSA) is 77.2 Å². The van der Waals surface area contributed by atoms with Gasteiger partial charge in [0.25, 0.3) is 0 Å². The van der Waals surface area contributed by atoms with Crippen LogP contribution in [0.4, 0.5) is 0 Å². The number of amides is 1. The van der Waals surface area contributed by atoms with Gasteiger partial charge in [0.15, 0.2) is 5.82 Å². The molecule has 1 amide bonds. The smallest absolute Gasteiger partial charge is 0.230 e. The summed E-state index contributed by atoms with van der Waals surface area (Å²) in [7, 11) is 1.68. The summed E-state index contributed by atoms with van der Waals surface area (Å²) in [4.78, 5) is 17.9. The van der Waals surface area contributed by atoms with Gasteiger partial charge in [0, 0.05) is 6.54 Å². The zero-order chi connectivity index (χ0) is 20.9. The molecule has 0 unspecified atom stereocenters. The van der Waals surface area contributed by atoms with E-state index in [-0.39, 0.29) is 23.2 Å². The number of benzene rings is 1. The van der Waals surface area contributed by atoms with Crippen molar-refractivity contribution in [2.24, 2.45) is 23.7 Å². The van der Waals surface area contributed by atoms with Crippen LogP contribution < -0.4 is 10.1 Å². The van der Waals surface area contributed by atoms with Gasteiger partial charge in [-0.2, -0.15) is 4.98 Å². The van der Waals surface area contributed by atoms with Gasteiger partial charge in [0.2, 0.25) is 11.8 Å². The lowest BCUT2D eigenvalue weighted by Crippen LogP contribution is -2.39. The van der Waals surface area contributed by atoms with Crippen molar-refractivity contribution in [3.63, 3.8) is 0 Å². The average molecular weight is 410 g/mol. The normalized spacial score (nSPS) is 28.7. The second-order valence-corrected chi connectivity index (χ2v) is 9.79. The van der Waals surface area contributed by atoms with Crippen molar-refractivity contribution < 1.29 is 14.1 Å². The summed E-state index contributed by atoms with van der Waals surface area (Å²) in [5.74, 6) is 3.84. The highest BCUT2D eigenvalue weighted by Gasteiger charge is 2.55. The van der Waals surface area contributed by atoms with E-state index in [1.54, 1.807) is 7.11 Å². The highest BCUT2D eigenvalue weighted by atomic mass is 16.5. The Bertz CT molecular complexity index is 916. The highest BCUT2D eigenvalue weighted by molar-refractivity contribution is 5.80. The van der Waals surface area contributed by atoms with Crippen LogP contribution in [0, 0.1) is 23.7 Å². The van der Waals surface area contributed by atoms with E-state index < -0.39 is 0 Å². The maximum absolute atomic E-state index is 13.0. The molecule has 3 aliphatic rings. The van der Waals surface area contributed by atoms with Crippen molar-refractivity contribution in [2.75, 3.05) is 13.7 Å². The molecule has 0 radical (unpaired) electrons. The van der Waals surface area contributed by atoms with Gasteiger partial charge < -0.3 is 14.6 Å². The SMILES string of the molecule is COc1ccc(C2(c3noc([C@H]4[C@@H]5CC[C@@H](C5)[C@@H]4C(=O)NCC(C)C)n3)CC2)cc1. The first-order chi connectivity index (χ1) is 14.5. The summed E-state index contributed by atoms with van der Waals surface area (Å²) in [6, 6.07) is 8.17. The quantitative estimate of drug-likeness (QED) is 0.746. The van der Waals surface area contributed by atoms with Crippen LogP contribution in [-0.2, 0) is 10.2 Å². The van der Waals surface area contributed by atoms with Gasteiger partial charge in [-0.3, -0.25) is 4.79 Å². The van der Waals surface area contributed by atoms with Crippen LogP contribution in [0.25, 0.3) is 0 Å². The molecule has 160 valence electrons. The second-order valence-electron chi connectivity index (χ2n) is 9.79. The Morgan fingerprint density at radius 1 is 1.23 bits per heavy atom.